The van der Waals surface area contributed by atoms with Gasteiger partial charge in [0, 0.05) is 31.1 Å². The number of hydrogen-bond acceptors (Lipinski definition) is 1. The summed E-state index contributed by atoms with van der Waals surface area (Å²) in [4.78, 5) is 1.77. The van der Waals surface area contributed by atoms with Crippen LogP contribution in [0.25, 0.3) is 0 Å². The number of aryl methyl sites for hydroxylation is 1. The highest BCUT2D eigenvalue weighted by Crippen LogP contribution is 2.41. The van der Waals surface area contributed by atoms with Crippen molar-refractivity contribution in [2.24, 2.45) is 0 Å². The van der Waals surface area contributed by atoms with Gasteiger partial charge in [-0.3, -0.25) is 0 Å². The van der Waals surface area contributed by atoms with E-state index in [2.05, 4.69) is 59.9 Å². The summed E-state index contributed by atoms with van der Waals surface area (Å²) in [6.07, 6.45) is 10.9. The van der Waals surface area contributed by atoms with E-state index in [0.29, 0.717) is 0 Å². The van der Waals surface area contributed by atoms with Gasteiger partial charge in [-0.05, 0) is 51.0 Å². The molecule has 136 valence electrons. The van der Waals surface area contributed by atoms with Crippen LogP contribution in [0.15, 0.2) is 41.8 Å². The van der Waals surface area contributed by atoms with Crippen LogP contribution < -0.4 is 4.31 Å². The molecule has 1 aliphatic carbocycles. The number of thiophene rings is 1. The summed E-state index contributed by atoms with van der Waals surface area (Å²) in [7, 11) is 0.240. The first-order valence-corrected chi connectivity index (χ1v) is 11.5. The van der Waals surface area contributed by atoms with Crippen LogP contribution in [-0.2, 0) is 12.8 Å². The van der Waals surface area contributed by atoms with E-state index in [1.807, 2.05) is 0 Å². The molecule has 1 aromatic heterocycles. The molecule has 0 aliphatic heterocycles. The number of benzene rings is 1. The SMILES string of the molecule is CCN(CC)[s+]1ccc(C2CCCCC2)c1CCCc1ccccc1. The van der Waals surface area contributed by atoms with Gasteiger partial charge in [0.15, 0.2) is 10.3 Å². The van der Waals surface area contributed by atoms with Crippen LogP contribution in [0.2, 0.25) is 0 Å². The number of hydrogen-bond donors (Lipinski definition) is 0. The van der Waals surface area contributed by atoms with Crippen molar-refractivity contribution in [1.82, 2.24) is 0 Å². The maximum Gasteiger partial charge on any atom is 0.175 e. The fraction of sp³-hybridized carbons (Fsp3) is 0.565. The van der Waals surface area contributed by atoms with Crippen molar-refractivity contribution in [2.75, 3.05) is 17.4 Å². The average molecular weight is 357 g/mol. The molecule has 0 amide bonds. The lowest BCUT2D eigenvalue weighted by molar-refractivity contribution is 0.442. The van der Waals surface area contributed by atoms with Gasteiger partial charge < -0.3 is 0 Å². The van der Waals surface area contributed by atoms with E-state index in [1.54, 1.807) is 10.4 Å². The van der Waals surface area contributed by atoms with Crippen molar-refractivity contribution in [3.63, 3.8) is 0 Å². The van der Waals surface area contributed by atoms with Crippen LogP contribution in [-0.4, -0.2) is 13.1 Å². The van der Waals surface area contributed by atoms with Crippen LogP contribution in [0.5, 0.6) is 0 Å². The average Bonchev–Trinajstić information content (AvgIpc) is 3.08. The van der Waals surface area contributed by atoms with E-state index in [-0.39, 0.29) is 10.7 Å². The molecule has 2 aromatic rings. The number of nitrogens with zero attached hydrogens (tertiary/aromatic N) is 1. The summed E-state index contributed by atoms with van der Waals surface area (Å²) in [5, 5.41) is 2.52. The summed E-state index contributed by atoms with van der Waals surface area (Å²) in [5.74, 6) is 0.838. The lowest BCUT2D eigenvalue weighted by atomic mass is 9.84. The summed E-state index contributed by atoms with van der Waals surface area (Å²) in [5.41, 5.74) is 3.21. The van der Waals surface area contributed by atoms with Gasteiger partial charge in [-0.1, -0.05) is 49.6 Å². The molecular weight excluding hydrogens is 322 g/mol. The molecule has 1 heterocycles. The Balaban J connectivity index is 1.76. The molecule has 1 aromatic carbocycles. The molecule has 1 fully saturated rings. The van der Waals surface area contributed by atoms with Gasteiger partial charge in [0.2, 0.25) is 0 Å². The molecule has 0 spiro atoms. The normalized spacial score (nSPS) is 16.5. The van der Waals surface area contributed by atoms with Crippen molar-refractivity contribution in [3.8, 4) is 0 Å². The van der Waals surface area contributed by atoms with Crippen molar-refractivity contribution < 1.29 is 0 Å². The molecule has 2 heteroatoms. The van der Waals surface area contributed by atoms with Crippen LogP contribution in [0.1, 0.15) is 74.3 Å². The first-order chi connectivity index (χ1) is 12.3. The molecule has 0 N–H and O–H groups in total. The minimum atomic E-state index is 0.240. The second-order valence-electron chi connectivity index (χ2n) is 7.28. The molecule has 0 bridgehead atoms. The molecule has 25 heavy (non-hydrogen) atoms. The molecule has 0 radical (unpaired) electrons. The highest BCUT2D eigenvalue weighted by molar-refractivity contribution is 7.32. The third kappa shape index (κ3) is 4.74. The predicted molar refractivity (Wildman–Crippen MR) is 113 cm³/mol. The zero-order valence-electron chi connectivity index (χ0n) is 16.0. The van der Waals surface area contributed by atoms with E-state index in [1.165, 1.54) is 56.9 Å². The molecule has 1 nitrogen and oxygen atoms in total. The third-order valence-electron chi connectivity index (χ3n) is 5.69. The monoisotopic (exact) mass is 356 g/mol. The fourth-order valence-electron chi connectivity index (χ4n) is 4.30. The predicted octanol–water partition coefficient (Wildman–Crippen LogP) is 6.64. The Kier molecular flexibility index (Phi) is 7.12. The Morgan fingerprint density at radius 2 is 1.64 bits per heavy atom. The molecular formula is C23H34NS+. The van der Waals surface area contributed by atoms with Gasteiger partial charge >= 0.3 is 0 Å². The lowest BCUT2D eigenvalue weighted by Crippen LogP contribution is -2.21. The molecule has 0 saturated heterocycles. The van der Waals surface area contributed by atoms with Gasteiger partial charge in [-0.15, -0.1) is 4.31 Å². The Bertz CT molecular complexity index is 621. The fourth-order valence-corrected chi connectivity index (χ4v) is 6.61. The van der Waals surface area contributed by atoms with Crippen LogP contribution in [0.3, 0.4) is 0 Å². The summed E-state index contributed by atoms with van der Waals surface area (Å²) in [6, 6.07) is 13.5. The lowest BCUT2D eigenvalue weighted by Gasteiger charge is -2.21. The zero-order chi connectivity index (χ0) is 17.5. The van der Waals surface area contributed by atoms with Gasteiger partial charge in [-0.25, -0.2) is 0 Å². The van der Waals surface area contributed by atoms with Gasteiger partial charge in [0.25, 0.3) is 0 Å². The highest BCUT2D eigenvalue weighted by Gasteiger charge is 2.29. The van der Waals surface area contributed by atoms with E-state index in [0.717, 1.165) is 19.0 Å². The summed E-state index contributed by atoms with van der Waals surface area (Å²) >= 11 is 0. The Labute approximate surface area is 157 Å². The van der Waals surface area contributed by atoms with Gasteiger partial charge in [0.1, 0.15) is 0 Å². The van der Waals surface area contributed by atoms with E-state index >= 15 is 0 Å². The van der Waals surface area contributed by atoms with Gasteiger partial charge in [0.05, 0.1) is 10.7 Å². The first-order valence-electron chi connectivity index (χ1n) is 10.3. The van der Waals surface area contributed by atoms with E-state index in [4.69, 9.17) is 0 Å². The van der Waals surface area contributed by atoms with Crippen molar-refractivity contribution in [2.45, 2.75) is 71.1 Å². The topological polar surface area (TPSA) is 3.24 Å². The number of rotatable bonds is 8. The first kappa shape index (κ1) is 18.7. The summed E-state index contributed by atoms with van der Waals surface area (Å²) < 4.78 is 2.66. The smallest absolute Gasteiger partial charge is 0.106 e. The zero-order valence-corrected chi connectivity index (χ0v) is 16.9. The van der Waals surface area contributed by atoms with Crippen LogP contribution in [0.4, 0.5) is 0 Å². The summed E-state index contributed by atoms with van der Waals surface area (Å²) in [6.45, 7) is 6.93. The Morgan fingerprint density at radius 1 is 0.920 bits per heavy atom. The maximum absolute atomic E-state index is 2.66. The molecule has 1 saturated carbocycles. The van der Waals surface area contributed by atoms with E-state index < -0.39 is 0 Å². The van der Waals surface area contributed by atoms with Crippen molar-refractivity contribution in [1.29, 1.82) is 0 Å². The highest BCUT2D eigenvalue weighted by atomic mass is 32.2. The molecule has 1 aliphatic rings. The maximum atomic E-state index is 2.66. The largest absolute Gasteiger partial charge is 0.175 e. The second-order valence-corrected chi connectivity index (χ2v) is 9.19. The Hall–Kier alpha value is -1.12. The standard InChI is InChI=1S/C23H34NS/c1-3-24(4-2)25-19-18-22(21-15-9-6-10-16-21)23(25)17-11-14-20-12-7-5-8-13-20/h5,7-8,12-13,18-19,21H,3-4,6,9-11,14-17H2,1-2H3/q+1. The second kappa shape index (κ2) is 9.54. The van der Waals surface area contributed by atoms with Gasteiger partial charge in [-0.2, -0.15) is 0 Å². The third-order valence-corrected chi connectivity index (χ3v) is 8.10. The Morgan fingerprint density at radius 3 is 2.32 bits per heavy atom. The quantitative estimate of drug-likeness (QED) is 0.479. The van der Waals surface area contributed by atoms with Crippen molar-refractivity contribution in [3.05, 3.63) is 57.8 Å². The minimum Gasteiger partial charge on any atom is -0.106 e. The molecule has 1 atom stereocenters. The molecule has 3 rings (SSSR count). The molecule has 1 unspecified atom stereocenters. The van der Waals surface area contributed by atoms with E-state index in [9.17, 15) is 0 Å². The van der Waals surface area contributed by atoms with Crippen LogP contribution >= 0.6 is 10.7 Å². The van der Waals surface area contributed by atoms with Crippen LogP contribution in [0, 0.1) is 0 Å². The van der Waals surface area contributed by atoms with Crippen molar-refractivity contribution >= 4 is 10.7 Å². The minimum absolute atomic E-state index is 0.240.